The first-order valence-corrected chi connectivity index (χ1v) is 5.70. The molecule has 1 atom stereocenters. The lowest BCUT2D eigenvalue weighted by Crippen LogP contribution is -2.19. The molecule has 1 aromatic heterocycles. The molecule has 0 amide bonds. The lowest BCUT2D eigenvalue weighted by atomic mass is 10.1. The van der Waals surface area contributed by atoms with E-state index in [0.29, 0.717) is 18.5 Å². The second-order valence-corrected chi connectivity index (χ2v) is 3.80. The van der Waals surface area contributed by atoms with Gasteiger partial charge in [0.25, 0.3) is 0 Å². The molecule has 0 spiro atoms. The van der Waals surface area contributed by atoms with Gasteiger partial charge in [0.05, 0.1) is 0 Å². The van der Waals surface area contributed by atoms with Crippen LogP contribution < -0.4 is 5.32 Å². The van der Waals surface area contributed by atoms with Gasteiger partial charge in [0.15, 0.2) is 0 Å². The Labute approximate surface area is 101 Å². The summed E-state index contributed by atoms with van der Waals surface area (Å²) in [4.78, 5) is 14.8. The minimum Gasteiger partial charge on any atom is -0.478 e. The Morgan fingerprint density at radius 2 is 2.41 bits per heavy atom. The molecule has 4 nitrogen and oxygen atoms in total. The average Bonchev–Trinajstić information content (AvgIpc) is 2.35. The van der Waals surface area contributed by atoms with Gasteiger partial charge in [0, 0.05) is 30.6 Å². The smallest absolute Gasteiger partial charge is 0.331 e. The van der Waals surface area contributed by atoms with Crippen LogP contribution in [-0.2, 0) is 4.79 Å². The molecule has 0 aliphatic carbocycles. The van der Waals surface area contributed by atoms with E-state index in [1.54, 1.807) is 18.5 Å². The first-order chi connectivity index (χ1) is 8.15. The van der Waals surface area contributed by atoms with Crippen molar-refractivity contribution in [2.24, 2.45) is 0 Å². The maximum atomic E-state index is 10.8. The summed E-state index contributed by atoms with van der Waals surface area (Å²) >= 11 is 0. The topological polar surface area (TPSA) is 62.2 Å². The summed E-state index contributed by atoms with van der Waals surface area (Å²) in [5.74, 6) is -0.844. The largest absolute Gasteiger partial charge is 0.478 e. The molecule has 17 heavy (non-hydrogen) atoms. The molecule has 0 fully saturated rings. The third kappa shape index (κ3) is 4.36. The van der Waals surface area contributed by atoms with Gasteiger partial charge in [-0.1, -0.05) is 19.1 Å². The van der Waals surface area contributed by atoms with Crippen LogP contribution in [0.4, 0.5) is 0 Å². The van der Waals surface area contributed by atoms with E-state index >= 15 is 0 Å². The molecule has 0 saturated heterocycles. The zero-order valence-electron chi connectivity index (χ0n) is 10.2. The molecule has 4 heteroatoms. The van der Waals surface area contributed by atoms with E-state index in [0.717, 1.165) is 5.56 Å². The van der Waals surface area contributed by atoms with Gasteiger partial charge in [-0.3, -0.25) is 4.98 Å². The Kier molecular flexibility index (Phi) is 5.36. The summed E-state index contributed by atoms with van der Waals surface area (Å²) in [6.45, 7) is 4.41. The Hall–Kier alpha value is -1.68. The second-order valence-electron chi connectivity index (χ2n) is 3.80. The molecule has 1 aromatic rings. The van der Waals surface area contributed by atoms with Crippen LogP contribution in [0.3, 0.4) is 0 Å². The van der Waals surface area contributed by atoms with Gasteiger partial charge in [-0.2, -0.15) is 0 Å². The molecular weight excluding hydrogens is 216 g/mol. The van der Waals surface area contributed by atoms with Crippen LogP contribution >= 0.6 is 0 Å². The second kappa shape index (κ2) is 6.81. The summed E-state index contributed by atoms with van der Waals surface area (Å²) in [5.41, 5.74) is 1.53. The predicted molar refractivity (Wildman–Crippen MR) is 66.7 cm³/mol. The lowest BCUT2D eigenvalue weighted by Gasteiger charge is -2.12. The first kappa shape index (κ1) is 13.4. The van der Waals surface area contributed by atoms with Crippen molar-refractivity contribution in [3.05, 3.63) is 41.7 Å². The molecule has 1 rings (SSSR count). The van der Waals surface area contributed by atoms with E-state index in [2.05, 4.69) is 10.3 Å². The molecule has 0 aliphatic heterocycles. The maximum absolute atomic E-state index is 10.8. The lowest BCUT2D eigenvalue weighted by molar-refractivity contribution is -0.132. The Balaban J connectivity index is 2.49. The number of carbonyl (C=O) groups is 1. The third-order valence-corrected chi connectivity index (χ3v) is 2.61. The summed E-state index contributed by atoms with van der Waals surface area (Å²) in [6.07, 6.45) is 5.79. The number of pyridine rings is 1. The van der Waals surface area contributed by atoms with E-state index in [9.17, 15) is 4.79 Å². The molecule has 0 aliphatic rings. The van der Waals surface area contributed by atoms with Crippen molar-refractivity contribution in [2.45, 2.75) is 26.3 Å². The predicted octanol–water partition coefficient (Wildman–Crippen LogP) is 2.15. The summed E-state index contributed by atoms with van der Waals surface area (Å²) < 4.78 is 0. The highest BCUT2D eigenvalue weighted by Gasteiger charge is 2.05. The highest BCUT2D eigenvalue weighted by atomic mass is 16.4. The van der Waals surface area contributed by atoms with Crippen molar-refractivity contribution >= 4 is 5.97 Å². The Bertz CT molecular complexity index is 388. The molecule has 1 unspecified atom stereocenters. The van der Waals surface area contributed by atoms with Crippen molar-refractivity contribution in [1.82, 2.24) is 10.3 Å². The summed E-state index contributed by atoms with van der Waals surface area (Å²) in [7, 11) is 0. The van der Waals surface area contributed by atoms with Gasteiger partial charge in [-0.15, -0.1) is 0 Å². The minimum atomic E-state index is -0.844. The zero-order chi connectivity index (χ0) is 12.7. The minimum absolute atomic E-state index is 0.159. The quantitative estimate of drug-likeness (QED) is 0.740. The number of nitrogens with one attached hydrogen (secondary N) is 1. The van der Waals surface area contributed by atoms with Crippen LogP contribution in [0, 0.1) is 0 Å². The normalized spacial score (nSPS) is 13.4. The highest BCUT2D eigenvalue weighted by Crippen LogP contribution is 2.09. The van der Waals surface area contributed by atoms with Gasteiger partial charge in [-0.05, 0) is 25.0 Å². The molecule has 1 heterocycles. The van der Waals surface area contributed by atoms with Gasteiger partial charge in [0.2, 0.25) is 0 Å². The zero-order valence-corrected chi connectivity index (χ0v) is 10.2. The van der Waals surface area contributed by atoms with Crippen LogP contribution in [0.1, 0.15) is 31.9 Å². The Morgan fingerprint density at radius 3 is 2.94 bits per heavy atom. The van der Waals surface area contributed by atoms with E-state index < -0.39 is 5.97 Å². The fourth-order valence-electron chi connectivity index (χ4n) is 1.49. The van der Waals surface area contributed by atoms with Gasteiger partial charge in [-0.25, -0.2) is 4.79 Å². The van der Waals surface area contributed by atoms with Gasteiger partial charge < -0.3 is 10.4 Å². The number of aliphatic carboxylic acids is 1. The number of rotatable bonds is 6. The van der Waals surface area contributed by atoms with Crippen LogP contribution in [0.5, 0.6) is 0 Å². The number of carboxylic acids is 1. The fourth-order valence-corrected chi connectivity index (χ4v) is 1.49. The maximum Gasteiger partial charge on any atom is 0.331 e. The summed E-state index contributed by atoms with van der Waals surface area (Å²) in [6, 6.07) is 4.04. The number of carboxylic acid groups (broad SMARTS) is 1. The number of hydrogen-bond donors (Lipinski definition) is 2. The van der Waals surface area contributed by atoms with Crippen molar-refractivity contribution in [2.75, 3.05) is 6.54 Å². The van der Waals surface area contributed by atoms with Crippen LogP contribution in [-0.4, -0.2) is 22.6 Å². The molecule has 0 bridgehead atoms. The molecule has 2 N–H and O–H groups in total. The van der Waals surface area contributed by atoms with E-state index in [1.807, 2.05) is 26.0 Å². The van der Waals surface area contributed by atoms with E-state index in [1.165, 1.54) is 0 Å². The van der Waals surface area contributed by atoms with Crippen LogP contribution in [0.2, 0.25) is 0 Å². The van der Waals surface area contributed by atoms with Crippen LogP contribution in [0.15, 0.2) is 36.2 Å². The standard InChI is InChI=1S/C13H18N2O2/c1-3-11(13(16)17)6-8-15-10(2)12-5-4-7-14-9-12/h4-7,9-10,15H,3,8H2,1-2H3,(H,16,17)/b11-6-. The van der Waals surface area contributed by atoms with Crippen LogP contribution in [0.25, 0.3) is 0 Å². The molecule has 92 valence electrons. The molecule has 0 aromatic carbocycles. The van der Waals surface area contributed by atoms with Crippen molar-refractivity contribution in [3.63, 3.8) is 0 Å². The highest BCUT2D eigenvalue weighted by molar-refractivity contribution is 5.86. The van der Waals surface area contributed by atoms with Gasteiger partial charge >= 0.3 is 5.97 Å². The third-order valence-electron chi connectivity index (χ3n) is 2.61. The fraction of sp³-hybridized carbons (Fsp3) is 0.385. The molecule has 0 saturated carbocycles. The number of aromatic nitrogens is 1. The summed E-state index contributed by atoms with van der Waals surface area (Å²) in [5, 5.41) is 12.1. The monoisotopic (exact) mass is 234 g/mol. The molecular formula is C13H18N2O2. The average molecular weight is 234 g/mol. The van der Waals surface area contributed by atoms with Crippen molar-refractivity contribution in [3.8, 4) is 0 Å². The van der Waals surface area contributed by atoms with E-state index in [-0.39, 0.29) is 6.04 Å². The first-order valence-electron chi connectivity index (χ1n) is 5.70. The number of nitrogens with zero attached hydrogens (tertiary/aromatic N) is 1. The Morgan fingerprint density at radius 1 is 1.65 bits per heavy atom. The van der Waals surface area contributed by atoms with E-state index in [4.69, 9.17) is 5.11 Å². The molecule has 0 radical (unpaired) electrons. The SMILES string of the molecule is CC/C(=C/CNC(C)c1cccnc1)C(=O)O. The number of hydrogen-bond acceptors (Lipinski definition) is 3. The van der Waals surface area contributed by atoms with Crippen molar-refractivity contribution < 1.29 is 9.90 Å². The van der Waals surface area contributed by atoms with Gasteiger partial charge in [0.1, 0.15) is 0 Å². The van der Waals surface area contributed by atoms with Crippen molar-refractivity contribution in [1.29, 1.82) is 0 Å².